The lowest BCUT2D eigenvalue weighted by atomic mass is 10.1. The molecule has 0 atom stereocenters. The van der Waals surface area contributed by atoms with Gasteiger partial charge in [0.15, 0.2) is 12.4 Å². The molecule has 1 aromatic carbocycles. The fourth-order valence-corrected chi connectivity index (χ4v) is 3.60. The Hall–Kier alpha value is -3.20. The number of hydrogen-bond acceptors (Lipinski definition) is 6. The Labute approximate surface area is 171 Å². The lowest BCUT2D eigenvalue weighted by Gasteiger charge is -2.07. The van der Waals surface area contributed by atoms with Crippen molar-refractivity contribution in [3.05, 3.63) is 64.0 Å². The Morgan fingerprint density at radius 3 is 2.62 bits per heavy atom. The molecule has 3 aromatic rings. The smallest absolute Gasteiger partial charge is 0.341 e. The molecule has 3 rings (SSSR count). The molecule has 2 heterocycles. The van der Waals surface area contributed by atoms with Crippen LogP contribution in [0, 0.1) is 19.7 Å². The third-order valence-electron chi connectivity index (χ3n) is 4.14. The van der Waals surface area contributed by atoms with Gasteiger partial charge in [0.25, 0.3) is 5.91 Å². The van der Waals surface area contributed by atoms with Gasteiger partial charge in [0.05, 0.1) is 12.2 Å². The van der Waals surface area contributed by atoms with Crippen molar-refractivity contribution in [3.63, 3.8) is 0 Å². The van der Waals surface area contributed by atoms with Gasteiger partial charge in [-0.3, -0.25) is 4.79 Å². The zero-order valence-corrected chi connectivity index (χ0v) is 17.0. The van der Waals surface area contributed by atoms with Crippen LogP contribution in [0.25, 0.3) is 0 Å². The summed E-state index contributed by atoms with van der Waals surface area (Å²) in [6.45, 7) is 5.73. The molecule has 0 spiro atoms. The van der Waals surface area contributed by atoms with Crippen molar-refractivity contribution in [1.82, 2.24) is 9.78 Å². The van der Waals surface area contributed by atoms with E-state index in [2.05, 4.69) is 10.4 Å². The minimum Gasteiger partial charge on any atom is -0.471 e. The highest BCUT2D eigenvalue weighted by Gasteiger charge is 2.23. The maximum atomic E-state index is 12.9. The fraction of sp³-hybridized carbons (Fsp3) is 0.250. The molecule has 0 aliphatic heterocycles. The summed E-state index contributed by atoms with van der Waals surface area (Å²) in [4.78, 5) is 25.7. The van der Waals surface area contributed by atoms with Crippen LogP contribution in [-0.4, -0.2) is 28.3 Å². The minimum absolute atomic E-state index is 0.0597. The van der Waals surface area contributed by atoms with Crippen molar-refractivity contribution in [3.8, 4) is 5.75 Å². The summed E-state index contributed by atoms with van der Waals surface area (Å²) >= 11 is 1.31. The minimum atomic E-state index is -0.470. The van der Waals surface area contributed by atoms with Crippen LogP contribution in [0.2, 0.25) is 0 Å². The number of carbonyl (C=O) groups excluding carboxylic acids is 2. The number of benzene rings is 1. The molecular formula is C20H20FN3O4S. The van der Waals surface area contributed by atoms with Crippen LogP contribution < -0.4 is 10.1 Å². The zero-order valence-electron chi connectivity index (χ0n) is 16.2. The summed E-state index contributed by atoms with van der Waals surface area (Å²) in [6, 6.07) is 7.14. The molecular weight excluding hydrogens is 397 g/mol. The number of nitrogens with zero attached hydrogens (tertiary/aromatic N) is 2. The second-order valence-corrected chi connectivity index (χ2v) is 7.35. The van der Waals surface area contributed by atoms with Gasteiger partial charge >= 0.3 is 5.97 Å². The van der Waals surface area contributed by atoms with Crippen molar-refractivity contribution >= 4 is 28.2 Å². The first-order valence-electron chi connectivity index (χ1n) is 8.89. The second kappa shape index (κ2) is 8.87. The Kier molecular flexibility index (Phi) is 6.28. The van der Waals surface area contributed by atoms with Gasteiger partial charge in [0, 0.05) is 11.1 Å². The SMILES string of the molecule is CCOC(=O)c1c(NC(=O)c2ccn(COc3ccc(F)cc3)n2)sc(C)c1C. The predicted molar refractivity (Wildman–Crippen MR) is 107 cm³/mol. The van der Waals surface area contributed by atoms with Crippen LogP contribution in [0.1, 0.15) is 38.2 Å². The van der Waals surface area contributed by atoms with Crippen LogP contribution in [0.15, 0.2) is 36.5 Å². The van der Waals surface area contributed by atoms with Gasteiger partial charge in [0.2, 0.25) is 0 Å². The van der Waals surface area contributed by atoms with Gasteiger partial charge in [-0.05, 0) is 56.7 Å². The van der Waals surface area contributed by atoms with Crippen LogP contribution >= 0.6 is 11.3 Å². The number of rotatable bonds is 7. The largest absolute Gasteiger partial charge is 0.471 e. The highest BCUT2D eigenvalue weighted by atomic mass is 32.1. The summed E-state index contributed by atoms with van der Waals surface area (Å²) in [5.74, 6) is -0.784. The van der Waals surface area contributed by atoms with E-state index in [-0.39, 0.29) is 24.8 Å². The average molecular weight is 417 g/mol. The summed E-state index contributed by atoms with van der Waals surface area (Å²) in [5.41, 5.74) is 1.31. The quantitative estimate of drug-likeness (QED) is 0.584. The molecule has 29 heavy (non-hydrogen) atoms. The molecule has 1 N–H and O–H groups in total. The third-order valence-corrected chi connectivity index (χ3v) is 5.27. The number of hydrogen-bond donors (Lipinski definition) is 1. The normalized spacial score (nSPS) is 10.6. The van der Waals surface area contributed by atoms with Crippen molar-refractivity contribution in [2.75, 3.05) is 11.9 Å². The number of aryl methyl sites for hydroxylation is 1. The third kappa shape index (κ3) is 4.80. The van der Waals surface area contributed by atoms with Gasteiger partial charge < -0.3 is 14.8 Å². The van der Waals surface area contributed by atoms with Gasteiger partial charge in [-0.15, -0.1) is 11.3 Å². The van der Waals surface area contributed by atoms with E-state index in [4.69, 9.17) is 9.47 Å². The van der Waals surface area contributed by atoms with E-state index < -0.39 is 11.9 Å². The fourth-order valence-electron chi connectivity index (χ4n) is 2.56. The molecule has 0 unspecified atom stereocenters. The van der Waals surface area contributed by atoms with E-state index >= 15 is 0 Å². The van der Waals surface area contributed by atoms with Crippen LogP contribution in [0.4, 0.5) is 9.39 Å². The highest BCUT2D eigenvalue weighted by Crippen LogP contribution is 2.33. The molecule has 0 aliphatic carbocycles. The molecule has 7 nitrogen and oxygen atoms in total. The lowest BCUT2D eigenvalue weighted by molar-refractivity contribution is 0.0527. The monoisotopic (exact) mass is 417 g/mol. The average Bonchev–Trinajstić information content (AvgIpc) is 3.26. The molecule has 9 heteroatoms. The number of thiophene rings is 1. The number of aromatic nitrogens is 2. The molecule has 0 saturated heterocycles. The van der Waals surface area contributed by atoms with E-state index in [1.54, 1.807) is 19.2 Å². The first-order chi connectivity index (χ1) is 13.9. The molecule has 0 radical (unpaired) electrons. The molecule has 0 aliphatic rings. The highest BCUT2D eigenvalue weighted by molar-refractivity contribution is 7.16. The Morgan fingerprint density at radius 2 is 1.93 bits per heavy atom. The van der Waals surface area contributed by atoms with Crippen molar-refractivity contribution in [2.45, 2.75) is 27.5 Å². The van der Waals surface area contributed by atoms with Crippen LogP contribution in [-0.2, 0) is 11.5 Å². The Morgan fingerprint density at radius 1 is 1.21 bits per heavy atom. The topological polar surface area (TPSA) is 82.5 Å². The number of nitrogens with one attached hydrogen (secondary N) is 1. The molecule has 152 valence electrons. The van der Waals surface area contributed by atoms with E-state index in [0.717, 1.165) is 10.4 Å². The number of esters is 1. The van der Waals surface area contributed by atoms with Crippen molar-refractivity contribution in [1.29, 1.82) is 0 Å². The number of amides is 1. The maximum absolute atomic E-state index is 12.9. The molecule has 2 aromatic heterocycles. The van der Waals surface area contributed by atoms with E-state index in [1.807, 2.05) is 13.8 Å². The molecule has 0 fully saturated rings. The predicted octanol–water partition coefficient (Wildman–Crippen LogP) is 4.17. The maximum Gasteiger partial charge on any atom is 0.341 e. The number of halogens is 1. The standard InChI is InChI=1S/C20H20FN3O4S/c1-4-27-20(26)17-12(2)13(3)29-19(17)22-18(25)16-9-10-24(23-16)11-28-15-7-5-14(21)6-8-15/h5-10H,4,11H2,1-3H3,(H,22,25). The van der Waals surface area contributed by atoms with Gasteiger partial charge in [-0.1, -0.05) is 0 Å². The molecule has 0 saturated carbocycles. The zero-order chi connectivity index (χ0) is 21.0. The van der Waals surface area contributed by atoms with Crippen LogP contribution in [0.3, 0.4) is 0 Å². The number of ether oxygens (including phenoxy) is 2. The Balaban J connectivity index is 1.68. The molecule has 0 bridgehead atoms. The van der Waals surface area contributed by atoms with Crippen molar-refractivity contribution in [2.24, 2.45) is 0 Å². The summed E-state index contributed by atoms with van der Waals surface area (Å²) in [5, 5.41) is 7.35. The van der Waals surface area contributed by atoms with Gasteiger partial charge in [-0.2, -0.15) is 5.10 Å². The first-order valence-corrected chi connectivity index (χ1v) is 9.71. The van der Waals surface area contributed by atoms with Crippen molar-refractivity contribution < 1.29 is 23.5 Å². The van der Waals surface area contributed by atoms with E-state index in [9.17, 15) is 14.0 Å². The lowest BCUT2D eigenvalue weighted by Crippen LogP contribution is -2.16. The van der Waals surface area contributed by atoms with Gasteiger partial charge in [0.1, 0.15) is 16.6 Å². The molecule has 1 amide bonds. The number of carbonyl (C=O) groups is 2. The number of anilines is 1. The second-order valence-electron chi connectivity index (χ2n) is 6.13. The van der Waals surface area contributed by atoms with E-state index in [1.165, 1.54) is 40.3 Å². The Bertz CT molecular complexity index is 1030. The first kappa shape index (κ1) is 20.5. The summed E-state index contributed by atoms with van der Waals surface area (Å²) in [7, 11) is 0. The van der Waals surface area contributed by atoms with Crippen LogP contribution in [0.5, 0.6) is 5.75 Å². The summed E-state index contributed by atoms with van der Waals surface area (Å²) in [6.07, 6.45) is 1.59. The van der Waals surface area contributed by atoms with E-state index in [0.29, 0.717) is 16.3 Å². The van der Waals surface area contributed by atoms with Gasteiger partial charge in [-0.25, -0.2) is 13.9 Å². The summed E-state index contributed by atoms with van der Waals surface area (Å²) < 4.78 is 25.0.